The second-order valence-electron chi connectivity index (χ2n) is 7.01. The zero-order chi connectivity index (χ0) is 20.8. The van der Waals surface area contributed by atoms with Crippen molar-refractivity contribution in [1.82, 2.24) is 5.43 Å². The molecular weight excluding hydrogens is 372 g/mol. The highest BCUT2D eigenvalue weighted by Gasteiger charge is 2.06. The molecule has 30 heavy (non-hydrogen) atoms. The number of hydrogen-bond donors (Lipinski definition) is 1. The van der Waals surface area contributed by atoms with Gasteiger partial charge in [0, 0.05) is 5.56 Å². The van der Waals surface area contributed by atoms with E-state index in [1.165, 1.54) is 10.8 Å². The minimum absolute atomic E-state index is 0.229. The number of hydrazone groups is 1. The predicted molar refractivity (Wildman–Crippen MR) is 121 cm³/mol. The standard InChI is InChI=1S/C26H22N2O2/c1-19-8-2-4-14-24(19)26(29)28-27-17-20-9-6-13-23(16-20)30-18-22-12-7-11-21-10-3-5-15-25(21)22/h2-17H,18H2,1H3,(H,28,29)/b27-17+. The summed E-state index contributed by atoms with van der Waals surface area (Å²) >= 11 is 0. The molecule has 1 amide bonds. The lowest BCUT2D eigenvalue weighted by Crippen LogP contribution is -2.18. The summed E-state index contributed by atoms with van der Waals surface area (Å²) in [6.07, 6.45) is 1.61. The highest BCUT2D eigenvalue weighted by atomic mass is 16.5. The molecule has 4 nitrogen and oxygen atoms in total. The lowest BCUT2D eigenvalue weighted by atomic mass is 10.1. The molecule has 4 heteroatoms. The van der Waals surface area contributed by atoms with Crippen LogP contribution in [0.15, 0.2) is 96.1 Å². The van der Waals surface area contributed by atoms with Crippen molar-refractivity contribution in [3.63, 3.8) is 0 Å². The van der Waals surface area contributed by atoms with Crippen LogP contribution in [0, 0.1) is 6.92 Å². The number of benzene rings is 4. The largest absolute Gasteiger partial charge is 0.489 e. The van der Waals surface area contributed by atoms with E-state index in [2.05, 4.69) is 34.8 Å². The molecule has 0 aliphatic rings. The van der Waals surface area contributed by atoms with Crippen LogP contribution in [-0.4, -0.2) is 12.1 Å². The Balaban J connectivity index is 1.41. The summed E-state index contributed by atoms with van der Waals surface area (Å²) in [6.45, 7) is 2.38. The molecule has 0 fully saturated rings. The van der Waals surface area contributed by atoms with Gasteiger partial charge in [-0.25, -0.2) is 5.43 Å². The predicted octanol–water partition coefficient (Wildman–Crippen LogP) is 5.49. The molecular formula is C26H22N2O2. The topological polar surface area (TPSA) is 50.7 Å². The molecule has 0 radical (unpaired) electrons. The lowest BCUT2D eigenvalue weighted by molar-refractivity contribution is 0.0954. The van der Waals surface area contributed by atoms with E-state index >= 15 is 0 Å². The summed E-state index contributed by atoms with van der Waals surface area (Å²) in [4.78, 5) is 12.2. The Kier molecular flexibility index (Phi) is 5.85. The minimum atomic E-state index is -0.229. The Bertz CT molecular complexity index is 1210. The van der Waals surface area contributed by atoms with Gasteiger partial charge in [-0.05, 0) is 52.6 Å². The van der Waals surface area contributed by atoms with Gasteiger partial charge in [0.2, 0.25) is 0 Å². The van der Waals surface area contributed by atoms with Gasteiger partial charge in [0.05, 0.1) is 6.21 Å². The van der Waals surface area contributed by atoms with Crippen molar-refractivity contribution in [2.75, 3.05) is 0 Å². The number of carbonyl (C=O) groups excluding carboxylic acids is 1. The van der Waals surface area contributed by atoms with Crippen LogP contribution >= 0.6 is 0 Å². The molecule has 0 saturated heterocycles. The van der Waals surface area contributed by atoms with E-state index in [0.29, 0.717) is 12.2 Å². The van der Waals surface area contributed by atoms with E-state index in [0.717, 1.165) is 22.4 Å². The van der Waals surface area contributed by atoms with Gasteiger partial charge < -0.3 is 4.74 Å². The average Bonchev–Trinajstić information content (AvgIpc) is 2.78. The number of aryl methyl sites for hydroxylation is 1. The van der Waals surface area contributed by atoms with Crippen LogP contribution in [0.4, 0.5) is 0 Å². The third-order valence-corrected chi connectivity index (χ3v) is 4.90. The fourth-order valence-electron chi connectivity index (χ4n) is 3.32. The number of fused-ring (bicyclic) bond motifs is 1. The van der Waals surface area contributed by atoms with E-state index < -0.39 is 0 Å². The molecule has 0 aliphatic heterocycles. The van der Waals surface area contributed by atoms with Crippen LogP contribution < -0.4 is 10.2 Å². The summed E-state index contributed by atoms with van der Waals surface area (Å²) in [6, 6.07) is 29.5. The summed E-state index contributed by atoms with van der Waals surface area (Å²) in [5.41, 5.74) is 6.08. The molecule has 4 aromatic rings. The fraction of sp³-hybridized carbons (Fsp3) is 0.0769. The maximum Gasteiger partial charge on any atom is 0.271 e. The van der Waals surface area contributed by atoms with Crippen molar-refractivity contribution in [3.05, 3.63) is 113 Å². The monoisotopic (exact) mass is 394 g/mol. The molecule has 4 rings (SSSR count). The number of nitrogens with one attached hydrogen (secondary N) is 1. The van der Waals surface area contributed by atoms with Gasteiger partial charge in [0.15, 0.2) is 0 Å². The molecule has 0 aliphatic carbocycles. The number of hydrogen-bond acceptors (Lipinski definition) is 3. The summed E-state index contributed by atoms with van der Waals surface area (Å²) in [5, 5.41) is 6.47. The number of ether oxygens (including phenoxy) is 1. The number of amides is 1. The molecule has 4 aromatic carbocycles. The number of rotatable bonds is 6. The molecule has 0 heterocycles. The van der Waals surface area contributed by atoms with E-state index in [4.69, 9.17) is 4.74 Å². The second-order valence-corrected chi connectivity index (χ2v) is 7.01. The maximum atomic E-state index is 12.2. The van der Waals surface area contributed by atoms with Gasteiger partial charge in [-0.2, -0.15) is 5.10 Å². The second kappa shape index (κ2) is 9.05. The van der Waals surface area contributed by atoms with Crippen LogP contribution in [0.1, 0.15) is 27.0 Å². The zero-order valence-corrected chi connectivity index (χ0v) is 16.7. The van der Waals surface area contributed by atoms with Crippen molar-refractivity contribution in [3.8, 4) is 5.75 Å². The van der Waals surface area contributed by atoms with Gasteiger partial charge in [0.25, 0.3) is 5.91 Å². The van der Waals surface area contributed by atoms with Gasteiger partial charge >= 0.3 is 0 Å². The van der Waals surface area contributed by atoms with Gasteiger partial charge in [-0.15, -0.1) is 0 Å². The van der Waals surface area contributed by atoms with Crippen molar-refractivity contribution in [2.45, 2.75) is 13.5 Å². The van der Waals surface area contributed by atoms with Crippen LogP contribution in [0.3, 0.4) is 0 Å². The van der Waals surface area contributed by atoms with Crippen molar-refractivity contribution >= 4 is 22.9 Å². The van der Waals surface area contributed by atoms with Crippen LogP contribution in [0.5, 0.6) is 5.75 Å². The fourth-order valence-corrected chi connectivity index (χ4v) is 3.32. The first-order valence-corrected chi connectivity index (χ1v) is 9.79. The normalized spacial score (nSPS) is 11.0. The van der Waals surface area contributed by atoms with Gasteiger partial charge in [-0.3, -0.25) is 4.79 Å². The van der Waals surface area contributed by atoms with Gasteiger partial charge in [-0.1, -0.05) is 72.8 Å². The Morgan fingerprint density at radius 3 is 2.60 bits per heavy atom. The van der Waals surface area contributed by atoms with E-state index in [1.54, 1.807) is 12.3 Å². The quantitative estimate of drug-likeness (QED) is 0.347. The molecule has 0 aromatic heterocycles. The van der Waals surface area contributed by atoms with E-state index in [-0.39, 0.29) is 5.91 Å². The van der Waals surface area contributed by atoms with E-state index in [9.17, 15) is 4.79 Å². The highest BCUT2D eigenvalue weighted by molar-refractivity contribution is 5.96. The van der Waals surface area contributed by atoms with Gasteiger partial charge in [0.1, 0.15) is 12.4 Å². The maximum absolute atomic E-state index is 12.2. The van der Waals surface area contributed by atoms with Crippen LogP contribution in [0.2, 0.25) is 0 Å². The molecule has 0 unspecified atom stereocenters. The molecule has 0 bridgehead atoms. The first-order chi connectivity index (χ1) is 14.7. The molecule has 0 spiro atoms. The summed E-state index contributed by atoms with van der Waals surface area (Å²) in [7, 11) is 0. The third-order valence-electron chi connectivity index (χ3n) is 4.90. The average molecular weight is 394 g/mol. The molecule has 1 N–H and O–H groups in total. The van der Waals surface area contributed by atoms with Crippen molar-refractivity contribution in [1.29, 1.82) is 0 Å². The van der Waals surface area contributed by atoms with E-state index in [1.807, 2.05) is 67.6 Å². The SMILES string of the molecule is Cc1ccccc1C(=O)N/N=C/c1cccc(OCc2cccc3ccccc23)c1. The Morgan fingerprint density at radius 1 is 0.933 bits per heavy atom. The third kappa shape index (κ3) is 4.55. The Morgan fingerprint density at radius 2 is 1.70 bits per heavy atom. The number of nitrogens with zero attached hydrogens (tertiary/aromatic N) is 1. The number of carbonyl (C=O) groups is 1. The lowest BCUT2D eigenvalue weighted by Gasteiger charge is -2.09. The molecule has 0 saturated carbocycles. The Hall–Kier alpha value is -3.92. The van der Waals surface area contributed by atoms with Crippen LogP contribution in [-0.2, 0) is 6.61 Å². The van der Waals surface area contributed by atoms with Crippen LogP contribution in [0.25, 0.3) is 10.8 Å². The summed E-state index contributed by atoms with van der Waals surface area (Å²) in [5.74, 6) is 0.518. The van der Waals surface area contributed by atoms with Crippen molar-refractivity contribution < 1.29 is 9.53 Å². The summed E-state index contributed by atoms with van der Waals surface area (Å²) < 4.78 is 6.00. The molecule has 148 valence electrons. The highest BCUT2D eigenvalue weighted by Crippen LogP contribution is 2.21. The smallest absolute Gasteiger partial charge is 0.271 e. The minimum Gasteiger partial charge on any atom is -0.489 e. The zero-order valence-electron chi connectivity index (χ0n) is 16.7. The Labute approximate surface area is 175 Å². The first kappa shape index (κ1) is 19.4. The van der Waals surface area contributed by atoms with Crippen molar-refractivity contribution in [2.24, 2.45) is 5.10 Å². The first-order valence-electron chi connectivity index (χ1n) is 9.79. The molecule has 0 atom stereocenters.